The second-order valence-electron chi connectivity index (χ2n) is 5.51. The molecule has 0 unspecified atom stereocenters. The minimum atomic E-state index is -1.02. The van der Waals surface area contributed by atoms with E-state index in [9.17, 15) is 9.59 Å². The van der Waals surface area contributed by atoms with Crippen LogP contribution in [0.1, 0.15) is 26.3 Å². The van der Waals surface area contributed by atoms with Gasteiger partial charge in [-0.2, -0.15) is 0 Å². The van der Waals surface area contributed by atoms with Crippen molar-refractivity contribution in [2.75, 3.05) is 0 Å². The van der Waals surface area contributed by atoms with Crippen molar-refractivity contribution in [1.82, 2.24) is 5.32 Å². The first kappa shape index (κ1) is 15.7. The molecule has 0 spiro atoms. The van der Waals surface area contributed by atoms with Crippen LogP contribution in [0.5, 0.6) is 0 Å². The normalized spacial score (nSPS) is 12.8. The van der Waals surface area contributed by atoms with Gasteiger partial charge in [0.05, 0.1) is 6.42 Å². The number of carboxylic acid groups (broad SMARTS) is 1. The summed E-state index contributed by atoms with van der Waals surface area (Å²) in [6.07, 6.45) is 0.166. The first-order valence-corrected chi connectivity index (χ1v) is 6.76. The molecule has 0 bridgehead atoms. The third-order valence-corrected chi connectivity index (χ3v) is 3.17. The Kier molecular flexibility index (Phi) is 5.11. The lowest BCUT2D eigenvalue weighted by atomic mass is 9.86. The first-order chi connectivity index (χ1) is 8.70. The van der Waals surface area contributed by atoms with Crippen LogP contribution in [0.2, 0.25) is 0 Å². The molecule has 0 aliphatic heterocycles. The molecule has 104 valence electrons. The van der Waals surface area contributed by atoms with E-state index in [0.717, 1.165) is 10.0 Å². The summed E-state index contributed by atoms with van der Waals surface area (Å²) in [5.74, 6) is -1.31. The lowest BCUT2D eigenvalue weighted by molar-refractivity contribution is -0.144. The topological polar surface area (TPSA) is 66.4 Å². The minimum absolute atomic E-state index is 0.166. The molecule has 0 aliphatic rings. The van der Waals surface area contributed by atoms with Crippen LogP contribution >= 0.6 is 15.9 Å². The van der Waals surface area contributed by atoms with Gasteiger partial charge >= 0.3 is 5.97 Å². The van der Waals surface area contributed by atoms with Gasteiger partial charge in [0.2, 0.25) is 5.91 Å². The molecule has 0 aliphatic carbocycles. The maximum absolute atomic E-state index is 11.9. The zero-order chi connectivity index (χ0) is 14.6. The number of hydrogen-bond acceptors (Lipinski definition) is 2. The smallest absolute Gasteiger partial charge is 0.326 e. The molecule has 0 fully saturated rings. The summed E-state index contributed by atoms with van der Waals surface area (Å²) >= 11 is 3.33. The van der Waals surface area contributed by atoms with Crippen molar-refractivity contribution in [3.8, 4) is 0 Å². The molecule has 0 aromatic heterocycles. The maximum atomic E-state index is 11.9. The summed E-state index contributed by atoms with van der Waals surface area (Å²) in [5.41, 5.74) is 0.309. The number of aliphatic carboxylic acids is 1. The van der Waals surface area contributed by atoms with Gasteiger partial charge in [-0.05, 0) is 23.1 Å². The SMILES string of the molecule is CC(C)(C)[C@H](NC(=O)Cc1cccc(Br)c1)C(=O)O. The van der Waals surface area contributed by atoms with E-state index < -0.39 is 17.4 Å². The van der Waals surface area contributed by atoms with Crippen LogP contribution in [0, 0.1) is 5.41 Å². The summed E-state index contributed by atoms with van der Waals surface area (Å²) in [5, 5.41) is 11.7. The summed E-state index contributed by atoms with van der Waals surface area (Å²) in [7, 11) is 0. The van der Waals surface area contributed by atoms with Crippen LogP contribution in [-0.4, -0.2) is 23.0 Å². The standard InChI is InChI=1S/C14H18BrNO3/c1-14(2,3)12(13(18)19)16-11(17)8-9-5-4-6-10(15)7-9/h4-7,12H,8H2,1-3H3,(H,16,17)(H,18,19)/t12-/m1/s1. The molecular weight excluding hydrogens is 310 g/mol. The summed E-state index contributed by atoms with van der Waals surface area (Å²) in [4.78, 5) is 23.1. The second-order valence-corrected chi connectivity index (χ2v) is 6.43. The number of benzene rings is 1. The van der Waals surface area contributed by atoms with E-state index >= 15 is 0 Å². The van der Waals surface area contributed by atoms with E-state index in [2.05, 4.69) is 21.2 Å². The highest BCUT2D eigenvalue weighted by molar-refractivity contribution is 9.10. The van der Waals surface area contributed by atoms with Crippen LogP contribution in [0.15, 0.2) is 28.7 Å². The van der Waals surface area contributed by atoms with Crippen LogP contribution in [0.25, 0.3) is 0 Å². The molecule has 1 atom stereocenters. The molecule has 0 saturated carbocycles. The molecular formula is C14H18BrNO3. The highest BCUT2D eigenvalue weighted by Gasteiger charge is 2.32. The van der Waals surface area contributed by atoms with Crippen molar-refractivity contribution in [3.05, 3.63) is 34.3 Å². The summed E-state index contributed by atoms with van der Waals surface area (Å²) in [6, 6.07) is 6.48. The molecule has 2 N–H and O–H groups in total. The Hall–Kier alpha value is -1.36. The number of nitrogens with one attached hydrogen (secondary N) is 1. The molecule has 4 nitrogen and oxygen atoms in total. The summed E-state index contributed by atoms with van der Waals surface area (Å²) < 4.78 is 0.892. The van der Waals surface area contributed by atoms with E-state index in [-0.39, 0.29) is 12.3 Å². The minimum Gasteiger partial charge on any atom is -0.480 e. The van der Waals surface area contributed by atoms with Crippen molar-refractivity contribution in [1.29, 1.82) is 0 Å². The second kappa shape index (κ2) is 6.19. The Morgan fingerprint density at radius 3 is 2.47 bits per heavy atom. The lowest BCUT2D eigenvalue weighted by Crippen LogP contribution is -2.49. The Balaban J connectivity index is 2.71. The van der Waals surface area contributed by atoms with Crippen molar-refractivity contribution in [2.24, 2.45) is 5.41 Å². The number of halogens is 1. The van der Waals surface area contributed by atoms with E-state index in [4.69, 9.17) is 5.11 Å². The first-order valence-electron chi connectivity index (χ1n) is 5.97. The number of hydrogen-bond donors (Lipinski definition) is 2. The van der Waals surface area contributed by atoms with Gasteiger partial charge in [-0.25, -0.2) is 4.79 Å². The highest BCUT2D eigenvalue weighted by atomic mass is 79.9. The van der Waals surface area contributed by atoms with Crippen molar-refractivity contribution >= 4 is 27.8 Å². The van der Waals surface area contributed by atoms with Gasteiger partial charge in [0.15, 0.2) is 0 Å². The third-order valence-electron chi connectivity index (χ3n) is 2.67. The lowest BCUT2D eigenvalue weighted by Gasteiger charge is -2.27. The molecule has 1 rings (SSSR count). The molecule has 1 amide bonds. The van der Waals surface area contributed by atoms with Gasteiger partial charge in [0.25, 0.3) is 0 Å². The number of carboxylic acids is 1. The molecule has 1 aromatic carbocycles. The molecule has 5 heteroatoms. The van der Waals surface area contributed by atoms with Crippen molar-refractivity contribution in [2.45, 2.75) is 33.2 Å². The Morgan fingerprint density at radius 2 is 2.00 bits per heavy atom. The van der Waals surface area contributed by atoms with E-state index in [1.807, 2.05) is 24.3 Å². The highest BCUT2D eigenvalue weighted by Crippen LogP contribution is 2.19. The maximum Gasteiger partial charge on any atom is 0.326 e. The Bertz CT molecular complexity index is 480. The average Bonchev–Trinajstić information content (AvgIpc) is 2.24. The van der Waals surface area contributed by atoms with Crippen molar-refractivity contribution in [3.63, 3.8) is 0 Å². The van der Waals surface area contributed by atoms with Crippen LogP contribution in [0.4, 0.5) is 0 Å². The number of rotatable bonds is 4. The predicted molar refractivity (Wildman–Crippen MR) is 76.9 cm³/mol. The van der Waals surface area contributed by atoms with Crippen molar-refractivity contribution < 1.29 is 14.7 Å². The van der Waals surface area contributed by atoms with E-state index in [1.165, 1.54) is 0 Å². The number of carbonyl (C=O) groups is 2. The Labute approximate surface area is 121 Å². The monoisotopic (exact) mass is 327 g/mol. The number of carbonyl (C=O) groups excluding carboxylic acids is 1. The molecule has 1 aromatic rings. The fraction of sp³-hybridized carbons (Fsp3) is 0.429. The van der Waals surface area contributed by atoms with Gasteiger partial charge in [0, 0.05) is 4.47 Å². The zero-order valence-corrected chi connectivity index (χ0v) is 12.8. The van der Waals surface area contributed by atoms with Gasteiger partial charge in [-0.15, -0.1) is 0 Å². The Morgan fingerprint density at radius 1 is 1.37 bits per heavy atom. The van der Waals surface area contributed by atoms with Crippen LogP contribution < -0.4 is 5.32 Å². The molecule has 19 heavy (non-hydrogen) atoms. The fourth-order valence-corrected chi connectivity index (χ4v) is 2.14. The fourth-order valence-electron chi connectivity index (χ4n) is 1.69. The molecule has 0 heterocycles. The number of amides is 1. The van der Waals surface area contributed by atoms with Gasteiger partial charge in [-0.1, -0.05) is 48.8 Å². The quantitative estimate of drug-likeness (QED) is 0.893. The molecule has 0 radical (unpaired) electrons. The average molecular weight is 328 g/mol. The van der Waals surface area contributed by atoms with E-state index in [0.29, 0.717) is 0 Å². The van der Waals surface area contributed by atoms with Gasteiger partial charge in [-0.3, -0.25) is 4.79 Å². The molecule has 0 saturated heterocycles. The van der Waals surface area contributed by atoms with Crippen LogP contribution in [-0.2, 0) is 16.0 Å². The largest absolute Gasteiger partial charge is 0.480 e. The van der Waals surface area contributed by atoms with E-state index in [1.54, 1.807) is 20.8 Å². The zero-order valence-electron chi connectivity index (χ0n) is 11.2. The summed E-state index contributed by atoms with van der Waals surface area (Å²) in [6.45, 7) is 5.35. The predicted octanol–water partition coefficient (Wildman–Crippen LogP) is 2.61. The van der Waals surface area contributed by atoms with Gasteiger partial charge in [0.1, 0.15) is 6.04 Å². The third kappa shape index (κ3) is 5.03. The van der Waals surface area contributed by atoms with Crippen LogP contribution in [0.3, 0.4) is 0 Å². The van der Waals surface area contributed by atoms with Gasteiger partial charge < -0.3 is 10.4 Å².